The van der Waals surface area contributed by atoms with E-state index < -0.39 is 12.1 Å². The zero-order valence-corrected chi connectivity index (χ0v) is 7.27. The standard InChI is InChI=1S/C9H11NO3/c1-6(11)4-7-5-10-3-2-8(7)9(12)13/h2-3,5-6,11H,4H2,1H3,(H,12,13). The Morgan fingerprint density at radius 1 is 1.69 bits per heavy atom. The van der Waals surface area contributed by atoms with Crippen LogP contribution >= 0.6 is 0 Å². The lowest BCUT2D eigenvalue weighted by Gasteiger charge is -2.06. The first-order valence-electron chi connectivity index (χ1n) is 3.95. The lowest BCUT2D eigenvalue weighted by molar-refractivity contribution is 0.0695. The maximum absolute atomic E-state index is 10.7. The lowest BCUT2D eigenvalue weighted by atomic mass is 10.1. The molecule has 0 aromatic carbocycles. The highest BCUT2D eigenvalue weighted by atomic mass is 16.4. The molecule has 1 aromatic rings. The summed E-state index contributed by atoms with van der Waals surface area (Å²) >= 11 is 0. The summed E-state index contributed by atoms with van der Waals surface area (Å²) in [6, 6.07) is 1.43. The maximum atomic E-state index is 10.7. The van der Waals surface area contributed by atoms with E-state index in [4.69, 9.17) is 10.2 Å². The van der Waals surface area contributed by atoms with Gasteiger partial charge in [-0.05, 0) is 18.6 Å². The van der Waals surface area contributed by atoms with Crippen molar-refractivity contribution in [2.75, 3.05) is 0 Å². The van der Waals surface area contributed by atoms with Gasteiger partial charge in [0.25, 0.3) is 0 Å². The zero-order chi connectivity index (χ0) is 9.84. The third-order valence-electron chi connectivity index (χ3n) is 1.65. The minimum absolute atomic E-state index is 0.205. The Kier molecular flexibility index (Phi) is 2.97. The highest BCUT2D eigenvalue weighted by molar-refractivity contribution is 5.89. The molecule has 4 nitrogen and oxygen atoms in total. The molecule has 0 bridgehead atoms. The van der Waals surface area contributed by atoms with Crippen LogP contribution in [0.3, 0.4) is 0 Å². The molecular weight excluding hydrogens is 170 g/mol. The first-order chi connectivity index (χ1) is 6.11. The monoisotopic (exact) mass is 181 g/mol. The van der Waals surface area contributed by atoms with Crippen LogP contribution in [0.15, 0.2) is 18.5 Å². The molecule has 1 unspecified atom stereocenters. The Hall–Kier alpha value is -1.42. The Labute approximate surface area is 75.9 Å². The lowest BCUT2D eigenvalue weighted by Crippen LogP contribution is -2.10. The van der Waals surface area contributed by atoms with Crippen molar-refractivity contribution in [3.05, 3.63) is 29.6 Å². The molecule has 13 heavy (non-hydrogen) atoms. The van der Waals surface area contributed by atoms with Crippen LogP contribution in [0.25, 0.3) is 0 Å². The summed E-state index contributed by atoms with van der Waals surface area (Å²) in [5.74, 6) is -0.988. The van der Waals surface area contributed by atoms with E-state index >= 15 is 0 Å². The number of aromatic nitrogens is 1. The van der Waals surface area contributed by atoms with Gasteiger partial charge in [0.2, 0.25) is 0 Å². The summed E-state index contributed by atoms with van der Waals surface area (Å²) in [4.78, 5) is 14.5. The molecule has 0 saturated heterocycles. The minimum atomic E-state index is -0.988. The number of carboxylic acid groups (broad SMARTS) is 1. The van der Waals surface area contributed by atoms with Gasteiger partial charge in [0.05, 0.1) is 11.7 Å². The SMILES string of the molecule is CC(O)Cc1cnccc1C(=O)O. The zero-order valence-electron chi connectivity index (χ0n) is 7.27. The van der Waals surface area contributed by atoms with Gasteiger partial charge in [0.1, 0.15) is 0 Å². The summed E-state index contributed by atoms with van der Waals surface area (Å²) in [5, 5.41) is 17.9. The first kappa shape index (κ1) is 9.67. The third kappa shape index (κ3) is 2.52. The summed E-state index contributed by atoms with van der Waals surface area (Å²) in [6.45, 7) is 1.61. The molecule has 1 atom stereocenters. The average Bonchev–Trinajstić information content (AvgIpc) is 2.03. The van der Waals surface area contributed by atoms with Crippen LogP contribution in [0, 0.1) is 0 Å². The van der Waals surface area contributed by atoms with Gasteiger partial charge in [0.15, 0.2) is 0 Å². The van der Waals surface area contributed by atoms with Gasteiger partial charge in [-0.3, -0.25) is 4.98 Å². The van der Waals surface area contributed by atoms with Gasteiger partial charge in [-0.15, -0.1) is 0 Å². The van der Waals surface area contributed by atoms with Crippen molar-refractivity contribution in [1.82, 2.24) is 4.98 Å². The van der Waals surface area contributed by atoms with Crippen LogP contribution in [0.1, 0.15) is 22.8 Å². The second-order valence-corrected chi connectivity index (χ2v) is 2.89. The van der Waals surface area contributed by atoms with Crippen molar-refractivity contribution >= 4 is 5.97 Å². The van der Waals surface area contributed by atoms with E-state index in [9.17, 15) is 4.79 Å². The Bertz CT molecular complexity index is 309. The summed E-state index contributed by atoms with van der Waals surface area (Å²) in [5.41, 5.74) is 0.765. The average molecular weight is 181 g/mol. The van der Waals surface area contributed by atoms with E-state index in [0.29, 0.717) is 12.0 Å². The van der Waals surface area contributed by atoms with Crippen LogP contribution in [-0.2, 0) is 6.42 Å². The van der Waals surface area contributed by atoms with Crippen LogP contribution < -0.4 is 0 Å². The molecule has 0 radical (unpaired) electrons. The maximum Gasteiger partial charge on any atom is 0.336 e. The fraction of sp³-hybridized carbons (Fsp3) is 0.333. The minimum Gasteiger partial charge on any atom is -0.478 e. The molecule has 70 valence electrons. The smallest absolute Gasteiger partial charge is 0.336 e. The molecule has 0 aliphatic heterocycles. The number of carbonyl (C=O) groups is 1. The molecule has 0 amide bonds. The van der Waals surface area contributed by atoms with E-state index in [2.05, 4.69) is 4.98 Å². The molecule has 1 aromatic heterocycles. The number of hydrogen-bond acceptors (Lipinski definition) is 3. The number of carboxylic acids is 1. The van der Waals surface area contributed by atoms with Gasteiger partial charge in [-0.25, -0.2) is 4.79 Å². The molecule has 2 N–H and O–H groups in total. The topological polar surface area (TPSA) is 70.4 Å². The Morgan fingerprint density at radius 2 is 2.38 bits per heavy atom. The van der Waals surface area contributed by atoms with Crippen LogP contribution in [0.5, 0.6) is 0 Å². The molecular formula is C9H11NO3. The number of aliphatic hydroxyl groups excluding tert-OH is 1. The highest BCUT2D eigenvalue weighted by Gasteiger charge is 2.10. The van der Waals surface area contributed by atoms with E-state index in [-0.39, 0.29) is 5.56 Å². The van der Waals surface area contributed by atoms with E-state index in [1.54, 1.807) is 6.92 Å². The van der Waals surface area contributed by atoms with Crippen molar-refractivity contribution in [3.63, 3.8) is 0 Å². The molecule has 0 fully saturated rings. The van der Waals surface area contributed by atoms with Crippen molar-refractivity contribution in [1.29, 1.82) is 0 Å². The Morgan fingerprint density at radius 3 is 2.92 bits per heavy atom. The largest absolute Gasteiger partial charge is 0.478 e. The van der Waals surface area contributed by atoms with Gasteiger partial charge in [0, 0.05) is 18.8 Å². The second kappa shape index (κ2) is 4.00. The van der Waals surface area contributed by atoms with Gasteiger partial charge in [-0.1, -0.05) is 0 Å². The molecule has 0 saturated carbocycles. The normalized spacial score (nSPS) is 12.5. The predicted molar refractivity (Wildman–Crippen MR) is 46.6 cm³/mol. The highest BCUT2D eigenvalue weighted by Crippen LogP contribution is 2.09. The van der Waals surface area contributed by atoms with Crippen LogP contribution in [-0.4, -0.2) is 27.3 Å². The van der Waals surface area contributed by atoms with Crippen molar-refractivity contribution in [3.8, 4) is 0 Å². The number of nitrogens with zero attached hydrogens (tertiary/aromatic N) is 1. The van der Waals surface area contributed by atoms with Crippen molar-refractivity contribution in [2.45, 2.75) is 19.4 Å². The Balaban J connectivity index is 2.98. The van der Waals surface area contributed by atoms with E-state index in [1.165, 1.54) is 18.5 Å². The van der Waals surface area contributed by atoms with Crippen LogP contribution in [0.2, 0.25) is 0 Å². The summed E-state index contributed by atoms with van der Waals surface area (Å²) in [6.07, 6.45) is 2.66. The fourth-order valence-corrected chi connectivity index (χ4v) is 1.12. The van der Waals surface area contributed by atoms with Gasteiger partial charge in [-0.2, -0.15) is 0 Å². The van der Waals surface area contributed by atoms with Gasteiger partial charge < -0.3 is 10.2 Å². The second-order valence-electron chi connectivity index (χ2n) is 2.89. The molecule has 1 rings (SSSR count). The predicted octanol–water partition coefficient (Wildman–Crippen LogP) is 0.703. The number of hydrogen-bond donors (Lipinski definition) is 2. The van der Waals surface area contributed by atoms with E-state index in [0.717, 1.165) is 0 Å². The third-order valence-corrected chi connectivity index (χ3v) is 1.65. The quantitative estimate of drug-likeness (QED) is 0.720. The molecule has 0 aliphatic rings. The van der Waals surface area contributed by atoms with Gasteiger partial charge >= 0.3 is 5.97 Å². The van der Waals surface area contributed by atoms with Crippen molar-refractivity contribution in [2.24, 2.45) is 0 Å². The molecule has 0 aliphatic carbocycles. The molecule has 4 heteroatoms. The fourth-order valence-electron chi connectivity index (χ4n) is 1.12. The molecule has 1 heterocycles. The number of rotatable bonds is 3. The van der Waals surface area contributed by atoms with Crippen molar-refractivity contribution < 1.29 is 15.0 Å². The number of aromatic carboxylic acids is 1. The number of aliphatic hydroxyl groups is 1. The number of pyridine rings is 1. The molecule has 0 spiro atoms. The van der Waals surface area contributed by atoms with E-state index in [1.807, 2.05) is 0 Å². The summed E-state index contributed by atoms with van der Waals surface area (Å²) < 4.78 is 0. The first-order valence-corrected chi connectivity index (χ1v) is 3.95. The summed E-state index contributed by atoms with van der Waals surface area (Å²) in [7, 11) is 0. The van der Waals surface area contributed by atoms with Crippen LogP contribution in [0.4, 0.5) is 0 Å².